The maximum absolute atomic E-state index is 10.7. The number of likely N-dealkylation sites (N-methyl/N-ethyl adjacent to an activating group) is 1. The molecule has 1 atom stereocenters. The number of aliphatic hydroxyl groups is 1. The SMILES string of the molecule is CC[N+](CC)(Cc1ccccc1)CC(O)COCCOc1ccc(C(C)(C)C)cc1C(C)(C)C. The van der Waals surface area contributed by atoms with Gasteiger partial charge in [0.2, 0.25) is 0 Å². The lowest BCUT2D eigenvalue weighted by Gasteiger charge is -2.38. The topological polar surface area (TPSA) is 38.7 Å². The minimum atomic E-state index is -0.500. The molecule has 2 aromatic carbocycles. The Morgan fingerprint density at radius 1 is 0.853 bits per heavy atom. The maximum Gasteiger partial charge on any atom is 0.126 e. The third kappa shape index (κ3) is 8.41. The summed E-state index contributed by atoms with van der Waals surface area (Å²) in [6.07, 6.45) is -0.500. The van der Waals surface area contributed by atoms with E-state index in [1.54, 1.807) is 0 Å². The second-order valence-corrected chi connectivity index (χ2v) is 11.6. The van der Waals surface area contributed by atoms with Crippen LogP contribution in [0.1, 0.15) is 72.1 Å². The van der Waals surface area contributed by atoms with Crippen molar-refractivity contribution in [3.8, 4) is 5.75 Å². The number of hydrogen-bond donors (Lipinski definition) is 1. The Labute approximate surface area is 208 Å². The summed E-state index contributed by atoms with van der Waals surface area (Å²) < 4.78 is 12.8. The van der Waals surface area contributed by atoms with Crippen molar-refractivity contribution in [2.75, 3.05) is 39.5 Å². The molecule has 190 valence electrons. The smallest absolute Gasteiger partial charge is 0.126 e. The van der Waals surface area contributed by atoms with Gasteiger partial charge in [0.25, 0.3) is 0 Å². The van der Waals surface area contributed by atoms with Gasteiger partial charge in [0.05, 0.1) is 26.3 Å². The number of nitrogens with zero attached hydrogens (tertiary/aromatic N) is 1. The van der Waals surface area contributed by atoms with E-state index in [0.29, 0.717) is 26.4 Å². The van der Waals surface area contributed by atoms with Crippen molar-refractivity contribution >= 4 is 0 Å². The van der Waals surface area contributed by atoms with Gasteiger partial charge in [-0.05, 0) is 41.9 Å². The number of aliphatic hydroxyl groups excluding tert-OH is 1. The van der Waals surface area contributed by atoms with Gasteiger partial charge in [-0.25, -0.2) is 0 Å². The molecular weight excluding hydrogens is 422 g/mol. The van der Waals surface area contributed by atoms with Gasteiger partial charge >= 0.3 is 0 Å². The molecule has 0 heterocycles. The van der Waals surface area contributed by atoms with E-state index in [-0.39, 0.29) is 10.8 Å². The fraction of sp³-hybridized carbons (Fsp3) is 0.600. The Kier molecular flexibility index (Phi) is 10.2. The first kappa shape index (κ1) is 28.4. The predicted molar refractivity (Wildman–Crippen MR) is 143 cm³/mol. The predicted octanol–water partition coefficient (Wildman–Crippen LogP) is 6.09. The Morgan fingerprint density at radius 2 is 1.50 bits per heavy atom. The zero-order valence-electron chi connectivity index (χ0n) is 22.9. The highest BCUT2D eigenvalue weighted by Crippen LogP contribution is 2.35. The summed E-state index contributed by atoms with van der Waals surface area (Å²) in [6, 6.07) is 17.1. The number of quaternary nitrogens is 1. The largest absolute Gasteiger partial charge is 0.491 e. The molecule has 0 saturated carbocycles. The lowest BCUT2D eigenvalue weighted by atomic mass is 9.80. The molecule has 0 saturated heterocycles. The van der Waals surface area contributed by atoms with Crippen LogP contribution >= 0.6 is 0 Å². The summed E-state index contributed by atoms with van der Waals surface area (Å²) in [5, 5.41) is 10.7. The molecule has 0 aliphatic heterocycles. The molecule has 0 aliphatic carbocycles. The number of rotatable bonds is 12. The van der Waals surface area contributed by atoms with Crippen LogP contribution in [0.15, 0.2) is 48.5 Å². The molecule has 2 aromatic rings. The van der Waals surface area contributed by atoms with Gasteiger partial charge in [-0.3, -0.25) is 0 Å². The van der Waals surface area contributed by atoms with Crippen LogP contribution in [0.3, 0.4) is 0 Å². The van der Waals surface area contributed by atoms with Crippen LogP contribution in [-0.2, 0) is 22.1 Å². The van der Waals surface area contributed by atoms with Crippen molar-refractivity contribution in [3.63, 3.8) is 0 Å². The van der Waals surface area contributed by atoms with Gasteiger partial charge in [0, 0.05) is 5.56 Å². The second kappa shape index (κ2) is 12.2. The molecule has 0 spiro atoms. The van der Waals surface area contributed by atoms with E-state index in [1.165, 1.54) is 16.7 Å². The van der Waals surface area contributed by atoms with Crippen LogP contribution in [0.4, 0.5) is 0 Å². The lowest BCUT2D eigenvalue weighted by molar-refractivity contribution is -0.940. The zero-order valence-corrected chi connectivity index (χ0v) is 22.9. The number of benzene rings is 2. The van der Waals surface area contributed by atoms with E-state index in [1.807, 2.05) is 6.07 Å². The van der Waals surface area contributed by atoms with Crippen molar-refractivity contribution in [1.29, 1.82) is 0 Å². The summed E-state index contributed by atoms with van der Waals surface area (Å²) in [4.78, 5) is 0. The first-order chi connectivity index (χ1) is 15.9. The van der Waals surface area contributed by atoms with Crippen molar-refractivity contribution in [2.45, 2.75) is 78.9 Å². The third-order valence-electron chi connectivity index (χ3n) is 6.75. The highest BCUT2D eigenvalue weighted by Gasteiger charge is 2.28. The van der Waals surface area contributed by atoms with Crippen molar-refractivity contribution < 1.29 is 19.1 Å². The van der Waals surface area contributed by atoms with Gasteiger partial charge in [-0.2, -0.15) is 0 Å². The monoisotopic (exact) mass is 470 g/mol. The normalized spacial score (nSPS) is 13.7. The van der Waals surface area contributed by atoms with Crippen LogP contribution in [0, 0.1) is 0 Å². The Bertz CT molecular complexity index is 861. The molecule has 4 heteroatoms. The van der Waals surface area contributed by atoms with Crippen LogP contribution in [0.2, 0.25) is 0 Å². The minimum absolute atomic E-state index is 0.00600. The molecule has 34 heavy (non-hydrogen) atoms. The van der Waals surface area contributed by atoms with E-state index in [4.69, 9.17) is 9.47 Å². The molecular formula is C30H48NO3+. The highest BCUT2D eigenvalue weighted by molar-refractivity contribution is 5.43. The number of ether oxygens (including phenoxy) is 2. The average molecular weight is 471 g/mol. The number of hydrogen-bond acceptors (Lipinski definition) is 3. The summed E-state index contributed by atoms with van der Waals surface area (Å²) >= 11 is 0. The standard InChI is InChI=1S/C30H48NO3/c1-9-31(10-2,21-24-14-12-11-13-15-24)22-26(32)23-33-18-19-34-28-17-16-25(29(3,4)5)20-27(28)30(6,7)8/h11-17,20,26,32H,9-10,18-19,21-23H2,1-8H3/q+1. The van der Waals surface area contributed by atoms with Gasteiger partial charge in [-0.15, -0.1) is 0 Å². The van der Waals surface area contributed by atoms with Gasteiger partial charge < -0.3 is 19.1 Å². The molecule has 1 N–H and O–H groups in total. The van der Waals surface area contributed by atoms with Crippen LogP contribution in [-0.4, -0.2) is 55.1 Å². The van der Waals surface area contributed by atoms with Crippen molar-refractivity contribution in [2.24, 2.45) is 0 Å². The first-order valence-electron chi connectivity index (χ1n) is 12.8. The Hall–Kier alpha value is -1.88. The molecule has 0 radical (unpaired) electrons. The third-order valence-corrected chi connectivity index (χ3v) is 6.75. The van der Waals surface area contributed by atoms with E-state index < -0.39 is 6.10 Å². The highest BCUT2D eigenvalue weighted by atomic mass is 16.5. The zero-order chi connectivity index (χ0) is 25.4. The van der Waals surface area contributed by atoms with Gasteiger partial charge in [0.15, 0.2) is 0 Å². The summed E-state index contributed by atoms with van der Waals surface area (Å²) in [7, 11) is 0. The summed E-state index contributed by atoms with van der Waals surface area (Å²) in [5.74, 6) is 0.917. The Morgan fingerprint density at radius 3 is 2.06 bits per heavy atom. The molecule has 0 amide bonds. The summed E-state index contributed by atoms with van der Waals surface area (Å²) in [6.45, 7) is 22.6. The minimum Gasteiger partial charge on any atom is -0.491 e. The van der Waals surface area contributed by atoms with E-state index in [2.05, 4.69) is 97.9 Å². The fourth-order valence-electron chi connectivity index (χ4n) is 4.38. The fourth-order valence-corrected chi connectivity index (χ4v) is 4.38. The molecule has 4 nitrogen and oxygen atoms in total. The van der Waals surface area contributed by atoms with E-state index in [9.17, 15) is 5.11 Å². The van der Waals surface area contributed by atoms with Crippen LogP contribution in [0.5, 0.6) is 5.75 Å². The van der Waals surface area contributed by atoms with Crippen LogP contribution in [0.25, 0.3) is 0 Å². The van der Waals surface area contributed by atoms with E-state index >= 15 is 0 Å². The molecule has 0 aliphatic rings. The second-order valence-electron chi connectivity index (χ2n) is 11.6. The Balaban J connectivity index is 1.88. The summed E-state index contributed by atoms with van der Waals surface area (Å²) in [5.41, 5.74) is 3.93. The molecule has 0 fully saturated rings. The molecule has 0 bridgehead atoms. The van der Waals surface area contributed by atoms with Crippen molar-refractivity contribution in [1.82, 2.24) is 0 Å². The molecule has 1 unspecified atom stereocenters. The van der Waals surface area contributed by atoms with E-state index in [0.717, 1.165) is 29.9 Å². The van der Waals surface area contributed by atoms with Gasteiger partial charge in [0.1, 0.15) is 31.5 Å². The molecule has 0 aromatic heterocycles. The quantitative estimate of drug-likeness (QED) is 0.301. The van der Waals surface area contributed by atoms with Crippen LogP contribution < -0.4 is 4.74 Å². The average Bonchev–Trinajstić information content (AvgIpc) is 2.77. The lowest BCUT2D eigenvalue weighted by Crippen LogP contribution is -2.52. The molecule has 2 rings (SSSR count). The maximum atomic E-state index is 10.7. The first-order valence-corrected chi connectivity index (χ1v) is 12.8. The van der Waals surface area contributed by atoms with Gasteiger partial charge in [-0.1, -0.05) is 84.0 Å². The van der Waals surface area contributed by atoms with Crippen molar-refractivity contribution in [3.05, 3.63) is 65.2 Å².